The zero-order chi connectivity index (χ0) is 35.5. The number of nitrogens with zero attached hydrogens (tertiary/aromatic N) is 8. The molecule has 1 amide bonds. The molecule has 1 aliphatic carbocycles. The van der Waals surface area contributed by atoms with Crippen LogP contribution in [-0.2, 0) is 16.4 Å². The molecule has 6 aromatic rings. The van der Waals surface area contributed by atoms with Crippen LogP contribution in [0.4, 0.5) is 33.2 Å². The van der Waals surface area contributed by atoms with Gasteiger partial charge in [0.15, 0.2) is 5.67 Å². The molecule has 262 valence electrons. The first-order valence-electron chi connectivity index (χ1n) is 16.6. The van der Waals surface area contributed by atoms with Gasteiger partial charge in [-0.3, -0.25) is 19.4 Å². The summed E-state index contributed by atoms with van der Waals surface area (Å²) in [5, 5.41) is 12.5. The second-order valence-corrected chi connectivity index (χ2v) is 16.5. The molecule has 8 rings (SSSR count). The van der Waals surface area contributed by atoms with E-state index in [9.17, 15) is 13.8 Å². The minimum absolute atomic E-state index is 0.293. The lowest BCUT2D eigenvalue weighted by Gasteiger charge is -2.37. The van der Waals surface area contributed by atoms with Gasteiger partial charge in [-0.25, -0.2) is 4.39 Å². The minimum Gasteiger partial charge on any atom is -0.494 e. The van der Waals surface area contributed by atoms with E-state index in [2.05, 4.69) is 35.6 Å². The molecule has 2 aliphatic rings. The summed E-state index contributed by atoms with van der Waals surface area (Å²) >= 11 is 0. The number of carbonyl (C=O) groups is 1. The molecule has 2 fully saturated rings. The number of hydrogen-bond acceptors (Lipinski definition) is 11. The fourth-order valence-electron chi connectivity index (χ4n) is 6.65. The highest BCUT2D eigenvalue weighted by Gasteiger charge is 2.53. The summed E-state index contributed by atoms with van der Waals surface area (Å²) in [6.45, 7) is 5.35. The van der Waals surface area contributed by atoms with Crippen LogP contribution in [0.15, 0.2) is 61.3 Å². The molecule has 1 saturated carbocycles. The van der Waals surface area contributed by atoms with Gasteiger partial charge < -0.3 is 34.7 Å². The number of aromatic nitrogens is 7. The van der Waals surface area contributed by atoms with Crippen molar-refractivity contribution in [3.05, 3.63) is 61.3 Å². The van der Waals surface area contributed by atoms with Gasteiger partial charge >= 0.3 is 0 Å². The molecule has 0 spiro atoms. The molecule has 0 unspecified atom stereocenters. The first-order chi connectivity index (χ1) is 24.5. The number of nitrogens with one attached hydrogen (secondary N) is 3. The third-order valence-electron chi connectivity index (χ3n) is 9.38. The average Bonchev–Trinajstić information content (AvgIpc) is 3.46. The predicted octanol–water partition coefficient (Wildman–Crippen LogP) is 5.20. The number of anilines is 5. The van der Waals surface area contributed by atoms with Crippen LogP contribution >= 0.6 is 7.14 Å². The number of benzene rings is 2. The van der Waals surface area contributed by atoms with E-state index in [0.717, 1.165) is 22.2 Å². The Morgan fingerprint density at radius 1 is 1.02 bits per heavy atom. The highest BCUT2D eigenvalue weighted by Crippen LogP contribution is 2.44. The molecule has 4 aromatic heterocycles. The second kappa shape index (κ2) is 12.3. The molecule has 3 N–H and O–H groups in total. The molecule has 14 nitrogen and oxygen atoms in total. The number of hydrogen-bond donors (Lipinski definition) is 3. The van der Waals surface area contributed by atoms with E-state index >= 15 is 0 Å². The van der Waals surface area contributed by atoms with Crippen molar-refractivity contribution < 1.29 is 18.5 Å². The lowest BCUT2D eigenvalue weighted by atomic mass is 10.0. The molecular weight excluding hydrogens is 672 g/mol. The van der Waals surface area contributed by atoms with Crippen molar-refractivity contribution in [2.24, 2.45) is 7.05 Å². The van der Waals surface area contributed by atoms with Crippen molar-refractivity contribution >= 4 is 69.2 Å². The van der Waals surface area contributed by atoms with Gasteiger partial charge in [0.25, 0.3) is 5.91 Å². The first kappa shape index (κ1) is 32.6. The topological polar surface area (TPSA) is 159 Å². The molecule has 16 heteroatoms. The first-order valence-corrected chi connectivity index (χ1v) is 19.2. The number of amides is 1. The number of piperazine rings is 1. The van der Waals surface area contributed by atoms with Crippen LogP contribution in [0.25, 0.3) is 33.2 Å². The molecule has 5 heterocycles. The summed E-state index contributed by atoms with van der Waals surface area (Å²) in [7, 11) is 0.638. The van der Waals surface area contributed by atoms with Gasteiger partial charge in [-0.1, -0.05) is 0 Å². The smallest absolute Gasteiger partial charge is 0.260 e. The average molecular weight is 710 g/mol. The third-order valence-corrected chi connectivity index (χ3v) is 10.9. The van der Waals surface area contributed by atoms with Crippen molar-refractivity contribution in [1.82, 2.24) is 39.6 Å². The number of alkyl halides is 1. The van der Waals surface area contributed by atoms with E-state index in [1.807, 2.05) is 43.6 Å². The van der Waals surface area contributed by atoms with Crippen molar-refractivity contribution in [1.29, 1.82) is 0 Å². The number of rotatable bonds is 9. The van der Waals surface area contributed by atoms with E-state index in [0.29, 0.717) is 89.9 Å². The van der Waals surface area contributed by atoms with Gasteiger partial charge in [-0.2, -0.15) is 15.1 Å². The monoisotopic (exact) mass is 709 g/mol. The van der Waals surface area contributed by atoms with Gasteiger partial charge in [0.1, 0.15) is 29.9 Å². The Morgan fingerprint density at radius 3 is 2.51 bits per heavy atom. The van der Waals surface area contributed by atoms with Gasteiger partial charge in [-0.05, 0) is 50.4 Å². The molecule has 51 heavy (non-hydrogen) atoms. The number of methoxy groups -OCH3 is 1. The van der Waals surface area contributed by atoms with Gasteiger partial charge in [0, 0.05) is 80.9 Å². The Morgan fingerprint density at radius 2 is 1.80 bits per heavy atom. The SMILES string of the molecule is COc1cc(N2CCN(C(=O)C3(F)CC3)CC2)c(-c2cnn(C)c2)cc1Nc1nc(Nc2ccc3nccnc3c2P(C)(C)=O)c2cc[nH]c2n1. The Balaban J connectivity index is 1.15. The van der Waals surface area contributed by atoms with E-state index in [-0.39, 0.29) is 0 Å². The lowest BCUT2D eigenvalue weighted by Crippen LogP contribution is -2.51. The standard InChI is InChI=1S/C35H37FN11O3P/c1-45-20-21(19-40-45)23-17-26(28(50-2)18-27(23)46-13-15-47(16-14-46)33(48)35(36)8-9-35)42-34-43-31-22(7-10-39-31)32(44-34)41-25-6-5-24-29(38-12-11-37-24)30(25)51(3,4)49/h5-7,10-12,17-20H,8-9,13-16H2,1-4H3,(H3,39,41,42,43,44). The molecule has 0 atom stereocenters. The largest absolute Gasteiger partial charge is 0.494 e. The zero-order valence-corrected chi connectivity index (χ0v) is 29.5. The van der Waals surface area contributed by atoms with Crippen molar-refractivity contribution in [3.63, 3.8) is 0 Å². The highest BCUT2D eigenvalue weighted by molar-refractivity contribution is 7.71. The quantitative estimate of drug-likeness (QED) is 0.170. The maximum atomic E-state index is 14.6. The van der Waals surface area contributed by atoms with Crippen LogP contribution in [0.2, 0.25) is 0 Å². The Labute approximate surface area is 292 Å². The van der Waals surface area contributed by atoms with Gasteiger partial charge in [0.05, 0.1) is 40.9 Å². The molecule has 0 radical (unpaired) electrons. The second-order valence-electron chi connectivity index (χ2n) is 13.3. The predicted molar refractivity (Wildman–Crippen MR) is 196 cm³/mol. The normalized spacial score (nSPS) is 15.7. The number of fused-ring (bicyclic) bond motifs is 2. The maximum Gasteiger partial charge on any atom is 0.260 e. The number of ether oxygens (including phenoxy) is 1. The molecule has 0 bridgehead atoms. The lowest BCUT2D eigenvalue weighted by molar-refractivity contribution is -0.138. The summed E-state index contributed by atoms with van der Waals surface area (Å²) in [6.07, 6.45) is 9.33. The number of aromatic amines is 1. The summed E-state index contributed by atoms with van der Waals surface area (Å²) < 4.78 is 35.8. The van der Waals surface area contributed by atoms with Crippen LogP contribution in [0.3, 0.4) is 0 Å². The van der Waals surface area contributed by atoms with Gasteiger partial charge in [-0.15, -0.1) is 0 Å². The summed E-state index contributed by atoms with van der Waals surface area (Å²) in [5.41, 5.74) is 4.04. The van der Waals surface area contributed by atoms with Crippen LogP contribution in [0.5, 0.6) is 5.75 Å². The summed E-state index contributed by atoms with van der Waals surface area (Å²) in [6, 6.07) is 9.49. The van der Waals surface area contributed by atoms with Crippen molar-refractivity contribution in [2.45, 2.75) is 18.5 Å². The van der Waals surface area contributed by atoms with Crippen molar-refractivity contribution in [2.75, 3.05) is 62.2 Å². The molecule has 2 aromatic carbocycles. The minimum atomic E-state index is -2.82. The number of H-pyrrole nitrogens is 1. The Kier molecular flexibility index (Phi) is 7.90. The van der Waals surface area contributed by atoms with Crippen molar-refractivity contribution in [3.8, 4) is 16.9 Å². The number of halogens is 1. The van der Waals surface area contributed by atoms with E-state index in [1.54, 1.807) is 54.8 Å². The Bertz CT molecular complexity index is 2360. The Hall–Kier alpha value is -5.56. The van der Waals surface area contributed by atoms with Crippen LogP contribution < -0.4 is 25.6 Å². The highest BCUT2D eigenvalue weighted by atomic mass is 31.2. The van der Waals surface area contributed by atoms with Gasteiger partial charge in [0.2, 0.25) is 5.95 Å². The summed E-state index contributed by atoms with van der Waals surface area (Å²) in [5.74, 6) is 0.943. The van der Waals surface area contributed by atoms with E-state index in [1.165, 1.54) is 0 Å². The third kappa shape index (κ3) is 6.11. The zero-order valence-electron chi connectivity index (χ0n) is 28.6. The van der Waals surface area contributed by atoms with E-state index in [4.69, 9.17) is 14.7 Å². The number of aryl methyl sites for hydroxylation is 1. The molecule has 1 saturated heterocycles. The van der Waals surface area contributed by atoms with Crippen LogP contribution in [-0.4, -0.2) is 97.8 Å². The fraction of sp³-hybridized carbons (Fsp3) is 0.314. The van der Waals surface area contributed by atoms with E-state index < -0.39 is 18.7 Å². The molecular formula is C35H37FN11O3P. The fourth-order valence-corrected chi connectivity index (χ4v) is 8.05. The molecule has 1 aliphatic heterocycles. The van der Waals surface area contributed by atoms with Crippen LogP contribution in [0, 0.1) is 0 Å². The van der Waals surface area contributed by atoms with Crippen LogP contribution in [0.1, 0.15) is 12.8 Å². The summed E-state index contributed by atoms with van der Waals surface area (Å²) in [4.78, 5) is 38.3. The maximum absolute atomic E-state index is 14.6. The number of carbonyl (C=O) groups excluding carboxylic acids is 1.